The van der Waals surface area contributed by atoms with Crippen molar-refractivity contribution in [2.45, 2.75) is 6.92 Å². The summed E-state index contributed by atoms with van der Waals surface area (Å²) in [6.07, 6.45) is 1.43. The van der Waals surface area contributed by atoms with Crippen molar-refractivity contribution in [3.8, 4) is 5.75 Å². The van der Waals surface area contributed by atoms with Crippen molar-refractivity contribution in [3.63, 3.8) is 0 Å². The quantitative estimate of drug-likeness (QED) is 0.477. The van der Waals surface area contributed by atoms with Crippen molar-refractivity contribution in [3.05, 3.63) is 83.8 Å². The summed E-state index contributed by atoms with van der Waals surface area (Å²) in [6, 6.07) is 16.4. The third kappa shape index (κ3) is 4.40. The first kappa shape index (κ1) is 17.9. The standard InChI is InChI=1S/C20H17N3O4/c1-13(22-23-19(25)16-5-2-3-6-17(16)24)14-8-10-15(11-9-14)21-20(26)18-7-4-12-27-18/h2-12,24H,1H3,(H,21,26)(H,23,25). The largest absolute Gasteiger partial charge is 0.507 e. The lowest BCUT2D eigenvalue weighted by molar-refractivity contribution is 0.0951. The number of furan rings is 1. The van der Waals surface area contributed by atoms with E-state index in [4.69, 9.17) is 4.42 Å². The molecule has 7 nitrogen and oxygen atoms in total. The fourth-order valence-corrected chi connectivity index (χ4v) is 2.32. The zero-order valence-corrected chi connectivity index (χ0v) is 14.5. The van der Waals surface area contributed by atoms with Crippen LogP contribution in [-0.4, -0.2) is 22.6 Å². The highest BCUT2D eigenvalue weighted by Crippen LogP contribution is 2.15. The minimum absolute atomic E-state index is 0.112. The Morgan fingerprint density at radius 3 is 2.37 bits per heavy atom. The monoisotopic (exact) mass is 363 g/mol. The molecular formula is C20H17N3O4. The second-order valence-electron chi connectivity index (χ2n) is 5.66. The molecule has 7 heteroatoms. The van der Waals surface area contributed by atoms with Gasteiger partial charge in [0, 0.05) is 5.69 Å². The van der Waals surface area contributed by atoms with Crippen LogP contribution in [-0.2, 0) is 0 Å². The van der Waals surface area contributed by atoms with Crippen molar-refractivity contribution >= 4 is 23.2 Å². The number of nitrogens with one attached hydrogen (secondary N) is 2. The maximum atomic E-state index is 12.1. The number of aromatic hydroxyl groups is 1. The van der Waals surface area contributed by atoms with Gasteiger partial charge in [0.25, 0.3) is 11.8 Å². The van der Waals surface area contributed by atoms with Crippen LogP contribution in [0.15, 0.2) is 76.4 Å². The molecule has 0 fully saturated rings. The molecular weight excluding hydrogens is 346 g/mol. The van der Waals surface area contributed by atoms with Gasteiger partial charge in [-0.25, -0.2) is 5.43 Å². The number of hydrogen-bond acceptors (Lipinski definition) is 5. The van der Waals surface area contributed by atoms with Gasteiger partial charge in [0.1, 0.15) is 5.75 Å². The second kappa shape index (κ2) is 8.01. The molecule has 2 amide bonds. The van der Waals surface area contributed by atoms with E-state index in [0.29, 0.717) is 11.4 Å². The molecule has 0 atom stereocenters. The molecule has 0 aliphatic heterocycles. The van der Waals surface area contributed by atoms with Gasteiger partial charge in [-0.1, -0.05) is 24.3 Å². The van der Waals surface area contributed by atoms with E-state index in [-0.39, 0.29) is 23.0 Å². The van der Waals surface area contributed by atoms with Gasteiger partial charge in [-0.2, -0.15) is 5.10 Å². The van der Waals surface area contributed by atoms with Crippen LogP contribution >= 0.6 is 0 Å². The first-order chi connectivity index (χ1) is 13.0. The van der Waals surface area contributed by atoms with Gasteiger partial charge in [-0.05, 0) is 48.9 Å². The van der Waals surface area contributed by atoms with Gasteiger partial charge in [0.15, 0.2) is 5.76 Å². The van der Waals surface area contributed by atoms with E-state index in [1.807, 2.05) is 0 Å². The van der Waals surface area contributed by atoms with Gasteiger partial charge in [-0.15, -0.1) is 0 Å². The lowest BCUT2D eigenvalue weighted by Crippen LogP contribution is -2.19. The number of rotatable bonds is 5. The zero-order valence-electron chi connectivity index (χ0n) is 14.5. The summed E-state index contributed by atoms with van der Waals surface area (Å²) in [4.78, 5) is 24.0. The van der Waals surface area contributed by atoms with Crippen molar-refractivity contribution in [1.29, 1.82) is 0 Å². The Kier molecular flexibility index (Phi) is 5.32. The summed E-state index contributed by atoms with van der Waals surface area (Å²) in [7, 11) is 0. The Morgan fingerprint density at radius 1 is 0.963 bits per heavy atom. The summed E-state index contributed by atoms with van der Waals surface area (Å²) in [5, 5.41) is 16.4. The lowest BCUT2D eigenvalue weighted by Gasteiger charge is -2.06. The highest BCUT2D eigenvalue weighted by Gasteiger charge is 2.10. The Bertz CT molecular complexity index is 977. The Morgan fingerprint density at radius 2 is 1.70 bits per heavy atom. The SMILES string of the molecule is CC(=NNC(=O)c1ccccc1O)c1ccc(NC(=O)c2ccco2)cc1. The number of carbonyl (C=O) groups excluding carboxylic acids is 2. The van der Waals surface area contributed by atoms with Gasteiger partial charge < -0.3 is 14.8 Å². The summed E-state index contributed by atoms with van der Waals surface area (Å²) in [5.41, 5.74) is 4.50. The smallest absolute Gasteiger partial charge is 0.291 e. The fraction of sp³-hybridized carbons (Fsp3) is 0.0500. The predicted octanol–water partition coefficient (Wildman–Crippen LogP) is 3.39. The number of nitrogens with zero attached hydrogens (tertiary/aromatic N) is 1. The Labute approximate surface area is 155 Å². The summed E-state index contributed by atoms with van der Waals surface area (Å²) >= 11 is 0. The van der Waals surface area contributed by atoms with E-state index in [1.165, 1.54) is 18.4 Å². The van der Waals surface area contributed by atoms with Crippen molar-refractivity contribution in [2.75, 3.05) is 5.32 Å². The molecule has 0 saturated heterocycles. The number of amides is 2. The van der Waals surface area contributed by atoms with Crippen LogP contribution < -0.4 is 10.7 Å². The topological polar surface area (TPSA) is 104 Å². The van der Waals surface area contributed by atoms with Crippen molar-refractivity contribution in [2.24, 2.45) is 5.10 Å². The van der Waals surface area contributed by atoms with E-state index in [1.54, 1.807) is 55.5 Å². The number of carbonyl (C=O) groups is 2. The highest BCUT2D eigenvalue weighted by molar-refractivity contribution is 6.04. The van der Waals surface area contributed by atoms with Crippen LogP contribution in [0, 0.1) is 0 Å². The van der Waals surface area contributed by atoms with Crippen LogP contribution in [0.5, 0.6) is 5.75 Å². The van der Waals surface area contributed by atoms with Crippen LogP contribution in [0.4, 0.5) is 5.69 Å². The van der Waals surface area contributed by atoms with E-state index in [2.05, 4.69) is 15.8 Å². The number of phenols is 1. The predicted molar refractivity (Wildman–Crippen MR) is 101 cm³/mol. The molecule has 136 valence electrons. The molecule has 3 N–H and O–H groups in total. The average molecular weight is 363 g/mol. The summed E-state index contributed by atoms with van der Waals surface area (Å²) in [5.74, 6) is -0.731. The van der Waals surface area contributed by atoms with Gasteiger partial charge >= 0.3 is 0 Å². The third-order valence-electron chi connectivity index (χ3n) is 3.78. The number of phenolic OH excluding ortho intramolecular Hbond substituents is 1. The van der Waals surface area contributed by atoms with E-state index in [0.717, 1.165) is 5.56 Å². The van der Waals surface area contributed by atoms with E-state index in [9.17, 15) is 14.7 Å². The molecule has 27 heavy (non-hydrogen) atoms. The molecule has 0 saturated carbocycles. The molecule has 0 bridgehead atoms. The van der Waals surface area contributed by atoms with Crippen LogP contribution in [0.2, 0.25) is 0 Å². The Balaban J connectivity index is 1.64. The maximum Gasteiger partial charge on any atom is 0.291 e. The number of para-hydroxylation sites is 1. The molecule has 0 spiro atoms. The molecule has 0 aliphatic carbocycles. The lowest BCUT2D eigenvalue weighted by atomic mass is 10.1. The van der Waals surface area contributed by atoms with E-state index < -0.39 is 5.91 Å². The maximum absolute atomic E-state index is 12.1. The van der Waals surface area contributed by atoms with Crippen LogP contribution in [0.3, 0.4) is 0 Å². The molecule has 0 aliphatic rings. The molecule has 2 aromatic carbocycles. The molecule has 1 heterocycles. The molecule has 0 unspecified atom stereocenters. The molecule has 3 rings (SSSR count). The van der Waals surface area contributed by atoms with E-state index >= 15 is 0 Å². The number of hydrazone groups is 1. The van der Waals surface area contributed by atoms with Gasteiger partial charge in [-0.3, -0.25) is 9.59 Å². The van der Waals surface area contributed by atoms with Crippen molar-refractivity contribution in [1.82, 2.24) is 5.43 Å². The van der Waals surface area contributed by atoms with Crippen LogP contribution in [0.25, 0.3) is 0 Å². The first-order valence-electron chi connectivity index (χ1n) is 8.12. The molecule has 3 aromatic rings. The van der Waals surface area contributed by atoms with Gasteiger partial charge in [0.05, 0.1) is 17.5 Å². The molecule has 0 radical (unpaired) electrons. The first-order valence-corrected chi connectivity index (χ1v) is 8.12. The minimum atomic E-state index is -0.505. The summed E-state index contributed by atoms with van der Waals surface area (Å²) in [6.45, 7) is 1.74. The highest BCUT2D eigenvalue weighted by atomic mass is 16.3. The normalized spacial score (nSPS) is 11.1. The number of anilines is 1. The minimum Gasteiger partial charge on any atom is -0.507 e. The number of benzene rings is 2. The zero-order chi connectivity index (χ0) is 19.2. The third-order valence-corrected chi connectivity index (χ3v) is 3.78. The van der Waals surface area contributed by atoms with Crippen molar-refractivity contribution < 1.29 is 19.1 Å². The fourth-order valence-electron chi connectivity index (χ4n) is 2.32. The number of hydrogen-bond donors (Lipinski definition) is 3. The average Bonchev–Trinajstić information content (AvgIpc) is 3.22. The molecule has 1 aromatic heterocycles. The summed E-state index contributed by atoms with van der Waals surface area (Å²) < 4.78 is 5.04. The second-order valence-corrected chi connectivity index (χ2v) is 5.66. The van der Waals surface area contributed by atoms with Gasteiger partial charge in [0.2, 0.25) is 0 Å². The van der Waals surface area contributed by atoms with Crippen LogP contribution in [0.1, 0.15) is 33.4 Å². The Hall–Kier alpha value is -3.87.